The summed E-state index contributed by atoms with van der Waals surface area (Å²) in [7, 11) is 0. The maximum atomic E-state index is 4.22. The van der Waals surface area contributed by atoms with Gasteiger partial charge in [0, 0.05) is 22.9 Å². The van der Waals surface area contributed by atoms with Gasteiger partial charge in [0.05, 0.1) is 0 Å². The summed E-state index contributed by atoms with van der Waals surface area (Å²) in [4.78, 5) is 4.22. The van der Waals surface area contributed by atoms with E-state index < -0.39 is 0 Å². The predicted octanol–water partition coefficient (Wildman–Crippen LogP) is 3.55. The quantitative estimate of drug-likeness (QED) is 0.868. The highest BCUT2D eigenvalue weighted by Crippen LogP contribution is 2.27. The standard InChI is InChI=1S/C14H21BrN2/c1-14(2,5-6-17-13-3-4-13)8-11-7-12(15)10-16-9-11/h7,9-10,13,17H,3-6,8H2,1-2H3. The first-order valence-corrected chi connectivity index (χ1v) is 7.17. The number of pyridine rings is 1. The Bertz CT molecular complexity index is 372. The second kappa shape index (κ2) is 5.49. The summed E-state index contributed by atoms with van der Waals surface area (Å²) in [6.07, 6.45) is 8.86. The Balaban J connectivity index is 1.82. The largest absolute Gasteiger partial charge is 0.314 e. The van der Waals surface area contributed by atoms with Crippen LogP contribution in [0.15, 0.2) is 22.9 Å². The summed E-state index contributed by atoms with van der Waals surface area (Å²) in [5.74, 6) is 0. The average Bonchev–Trinajstić information content (AvgIpc) is 3.00. The second-order valence-corrected chi connectivity index (χ2v) is 6.75. The van der Waals surface area contributed by atoms with Gasteiger partial charge in [-0.25, -0.2) is 0 Å². The summed E-state index contributed by atoms with van der Waals surface area (Å²) < 4.78 is 1.07. The fourth-order valence-electron chi connectivity index (χ4n) is 2.10. The maximum absolute atomic E-state index is 4.22. The van der Waals surface area contributed by atoms with Gasteiger partial charge in [0.15, 0.2) is 0 Å². The summed E-state index contributed by atoms with van der Waals surface area (Å²) in [6.45, 7) is 5.81. The maximum Gasteiger partial charge on any atom is 0.0410 e. The predicted molar refractivity (Wildman–Crippen MR) is 75.1 cm³/mol. The highest BCUT2D eigenvalue weighted by atomic mass is 79.9. The van der Waals surface area contributed by atoms with E-state index in [1.54, 1.807) is 0 Å². The Morgan fingerprint density at radius 1 is 1.41 bits per heavy atom. The third kappa shape index (κ3) is 4.76. The van der Waals surface area contributed by atoms with Crippen LogP contribution in [0.2, 0.25) is 0 Å². The fourth-order valence-corrected chi connectivity index (χ4v) is 2.51. The molecule has 94 valence electrons. The van der Waals surface area contributed by atoms with Gasteiger partial charge in [-0.05, 0) is 65.2 Å². The minimum atomic E-state index is 0.338. The molecule has 1 saturated carbocycles. The lowest BCUT2D eigenvalue weighted by atomic mass is 9.83. The van der Waals surface area contributed by atoms with Crippen molar-refractivity contribution < 1.29 is 0 Å². The first-order valence-electron chi connectivity index (χ1n) is 6.38. The van der Waals surface area contributed by atoms with E-state index in [0.29, 0.717) is 5.41 Å². The third-order valence-electron chi connectivity index (χ3n) is 3.26. The Morgan fingerprint density at radius 2 is 2.18 bits per heavy atom. The monoisotopic (exact) mass is 296 g/mol. The van der Waals surface area contributed by atoms with Crippen LogP contribution in [-0.2, 0) is 6.42 Å². The van der Waals surface area contributed by atoms with Crippen molar-refractivity contribution in [3.63, 3.8) is 0 Å². The zero-order chi connectivity index (χ0) is 12.3. The van der Waals surface area contributed by atoms with Gasteiger partial charge in [-0.2, -0.15) is 0 Å². The molecule has 1 heterocycles. The molecule has 0 atom stereocenters. The summed E-state index contributed by atoms with van der Waals surface area (Å²) in [6, 6.07) is 2.99. The molecule has 0 amide bonds. The molecule has 0 radical (unpaired) electrons. The molecule has 1 aliphatic rings. The zero-order valence-electron chi connectivity index (χ0n) is 10.7. The van der Waals surface area contributed by atoms with Crippen LogP contribution in [0, 0.1) is 5.41 Å². The number of rotatable bonds is 6. The smallest absolute Gasteiger partial charge is 0.0410 e. The number of halogens is 1. The van der Waals surface area contributed by atoms with Crippen molar-refractivity contribution >= 4 is 15.9 Å². The van der Waals surface area contributed by atoms with E-state index in [9.17, 15) is 0 Å². The molecule has 0 aromatic carbocycles. The van der Waals surface area contributed by atoms with Crippen LogP contribution in [0.4, 0.5) is 0 Å². The minimum absolute atomic E-state index is 0.338. The van der Waals surface area contributed by atoms with Crippen molar-refractivity contribution in [2.24, 2.45) is 5.41 Å². The van der Waals surface area contributed by atoms with Crippen molar-refractivity contribution in [1.82, 2.24) is 10.3 Å². The molecule has 1 aliphatic carbocycles. The molecule has 1 N–H and O–H groups in total. The molecule has 3 heteroatoms. The fraction of sp³-hybridized carbons (Fsp3) is 0.643. The van der Waals surface area contributed by atoms with E-state index in [0.717, 1.165) is 23.5 Å². The third-order valence-corrected chi connectivity index (χ3v) is 3.69. The SMILES string of the molecule is CC(C)(CCNC1CC1)Cc1cncc(Br)c1. The topological polar surface area (TPSA) is 24.9 Å². The molecule has 0 spiro atoms. The molecule has 17 heavy (non-hydrogen) atoms. The molecule has 2 rings (SSSR count). The summed E-state index contributed by atoms with van der Waals surface area (Å²) in [5, 5.41) is 3.58. The number of nitrogens with zero attached hydrogens (tertiary/aromatic N) is 1. The van der Waals surface area contributed by atoms with Gasteiger partial charge in [-0.3, -0.25) is 4.98 Å². The first kappa shape index (κ1) is 13.0. The van der Waals surface area contributed by atoms with E-state index in [1.165, 1.54) is 24.8 Å². The van der Waals surface area contributed by atoms with Crippen LogP contribution in [0.3, 0.4) is 0 Å². The van der Waals surface area contributed by atoms with Crippen LogP contribution >= 0.6 is 15.9 Å². The van der Waals surface area contributed by atoms with Gasteiger partial charge in [0.25, 0.3) is 0 Å². The number of aromatic nitrogens is 1. The molecular weight excluding hydrogens is 276 g/mol. The average molecular weight is 297 g/mol. The lowest BCUT2D eigenvalue weighted by molar-refractivity contribution is 0.324. The van der Waals surface area contributed by atoms with E-state index in [2.05, 4.69) is 46.1 Å². The molecule has 0 bridgehead atoms. The van der Waals surface area contributed by atoms with E-state index in [1.807, 2.05) is 12.4 Å². The summed E-state index contributed by atoms with van der Waals surface area (Å²) >= 11 is 3.47. The van der Waals surface area contributed by atoms with Crippen LogP contribution < -0.4 is 5.32 Å². The van der Waals surface area contributed by atoms with Crippen molar-refractivity contribution in [2.75, 3.05) is 6.54 Å². The van der Waals surface area contributed by atoms with Gasteiger partial charge in [-0.1, -0.05) is 13.8 Å². The molecule has 1 fully saturated rings. The first-order chi connectivity index (χ1) is 8.05. The normalized spacial score (nSPS) is 16.2. The minimum Gasteiger partial charge on any atom is -0.314 e. The van der Waals surface area contributed by atoms with E-state index in [-0.39, 0.29) is 0 Å². The Morgan fingerprint density at radius 3 is 2.82 bits per heavy atom. The Labute approximate surface area is 112 Å². The van der Waals surface area contributed by atoms with Crippen molar-refractivity contribution in [3.05, 3.63) is 28.5 Å². The Hall–Kier alpha value is -0.410. The van der Waals surface area contributed by atoms with Gasteiger partial charge in [0.2, 0.25) is 0 Å². The molecular formula is C14H21BrN2. The lowest BCUT2D eigenvalue weighted by Crippen LogP contribution is -2.25. The van der Waals surface area contributed by atoms with Crippen LogP contribution in [0.25, 0.3) is 0 Å². The molecule has 1 aromatic rings. The van der Waals surface area contributed by atoms with Crippen LogP contribution in [0.1, 0.15) is 38.7 Å². The van der Waals surface area contributed by atoms with E-state index >= 15 is 0 Å². The molecule has 1 aromatic heterocycles. The van der Waals surface area contributed by atoms with Gasteiger partial charge < -0.3 is 5.32 Å². The lowest BCUT2D eigenvalue weighted by Gasteiger charge is -2.24. The van der Waals surface area contributed by atoms with Crippen molar-refractivity contribution in [3.8, 4) is 0 Å². The molecule has 2 nitrogen and oxygen atoms in total. The van der Waals surface area contributed by atoms with Crippen molar-refractivity contribution in [2.45, 2.75) is 45.6 Å². The molecule has 0 aliphatic heterocycles. The second-order valence-electron chi connectivity index (χ2n) is 5.83. The Kier molecular flexibility index (Phi) is 4.21. The van der Waals surface area contributed by atoms with Gasteiger partial charge in [-0.15, -0.1) is 0 Å². The molecule has 0 unspecified atom stereocenters. The summed E-state index contributed by atoms with van der Waals surface area (Å²) in [5.41, 5.74) is 1.65. The van der Waals surface area contributed by atoms with Gasteiger partial charge >= 0.3 is 0 Å². The zero-order valence-corrected chi connectivity index (χ0v) is 12.3. The van der Waals surface area contributed by atoms with Crippen molar-refractivity contribution in [1.29, 1.82) is 0 Å². The van der Waals surface area contributed by atoms with Gasteiger partial charge in [0.1, 0.15) is 0 Å². The number of hydrogen-bond acceptors (Lipinski definition) is 2. The number of nitrogens with one attached hydrogen (secondary N) is 1. The van der Waals surface area contributed by atoms with Crippen LogP contribution in [0.5, 0.6) is 0 Å². The van der Waals surface area contributed by atoms with E-state index in [4.69, 9.17) is 0 Å². The highest BCUT2D eigenvalue weighted by Gasteiger charge is 2.23. The highest BCUT2D eigenvalue weighted by molar-refractivity contribution is 9.10. The molecule has 0 saturated heterocycles. The number of hydrogen-bond donors (Lipinski definition) is 1. The van der Waals surface area contributed by atoms with Crippen LogP contribution in [-0.4, -0.2) is 17.6 Å².